The Hall–Kier alpha value is -1.59. The molecule has 0 bridgehead atoms. The van der Waals surface area contributed by atoms with Crippen molar-refractivity contribution < 1.29 is 26.7 Å². The molecule has 0 aromatic heterocycles. The van der Waals surface area contributed by atoms with E-state index < -0.39 is 23.7 Å². The molecule has 6 heteroatoms. The molecule has 0 radical (unpaired) electrons. The summed E-state index contributed by atoms with van der Waals surface area (Å²) in [5, 5.41) is 0. The highest BCUT2D eigenvalue weighted by atomic mass is 19.4. The maximum atomic E-state index is 14.5. The molecule has 0 atom stereocenters. The Morgan fingerprint density at radius 2 is 1.67 bits per heavy atom. The molecule has 1 aromatic carbocycles. The van der Waals surface area contributed by atoms with E-state index in [-0.39, 0.29) is 16.9 Å². The monoisotopic (exact) mass is 430 g/mol. The Balaban J connectivity index is 1.67. The van der Waals surface area contributed by atoms with Gasteiger partial charge < -0.3 is 4.74 Å². The lowest BCUT2D eigenvalue weighted by molar-refractivity contribution is -0.275. The molecule has 1 aromatic rings. The Labute approximate surface area is 175 Å². The highest BCUT2D eigenvalue weighted by Gasteiger charge is 2.42. The van der Waals surface area contributed by atoms with E-state index in [0.717, 1.165) is 24.8 Å². The fourth-order valence-corrected chi connectivity index (χ4v) is 5.75. The number of benzene rings is 1. The molecular formula is C24H31F5O. The summed E-state index contributed by atoms with van der Waals surface area (Å²) in [6, 6.07) is 2.12. The zero-order valence-electron chi connectivity index (χ0n) is 17.5. The molecule has 2 fully saturated rings. The standard InChI is InChI=1S/C24H31F5O/c1-3-5-16-6-8-18(9-7-16)23(4-2)14-12-17(13-15-23)19-10-11-20(22(26)21(19)25)30-24(27,28)29/h4,10-11,16-18H,2-3,5-9,12-15H2,1H3. The minimum Gasteiger partial charge on any atom is -0.403 e. The van der Waals surface area contributed by atoms with Crippen LogP contribution in [0, 0.1) is 28.9 Å². The average molecular weight is 431 g/mol. The molecule has 0 heterocycles. The second-order valence-electron chi connectivity index (χ2n) is 9.05. The summed E-state index contributed by atoms with van der Waals surface area (Å²) in [7, 11) is 0. The first-order valence-electron chi connectivity index (χ1n) is 11.1. The lowest BCUT2D eigenvalue weighted by Gasteiger charge is -2.46. The van der Waals surface area contributed by atoms with Crippen LogP contribution in [-0.2, 0) is 0 Å². The smallest absolute Gasteiger partial charge is 0.403 e. The van der Waals surface area contributed by atoms with Crippen LogP contribution in [0.5, 0.6) is 5.75 Å². The third-order valence-electron chi connectivity index (χ3n) is 7.42. The van der Waals surface area contributed by atoms with Gasteiger partial charge in [-0.15, -0.1) is 19.8 Å². The van der Waals surface area contributed by atoms with Crippen LogP contribution in [0.4, 0.5) is 22.0 Å². The van der Waals surface area contributed by atoms with Gasteiger partial charge in [-0.05, 0) is 73.3 Å². The quantitative estimate of drug-likeness (QED) is 0.326. The van der Waals surface area contributed by atoms with Gasteiger partial charge in [-0.1, -0.05) is 44.7 Å². The number of hydrogen-bond donors (Lipinski definition) is 0. The second kappa shape index (κ2) is 9.27. The number of halogens is 5. The molecule has 30 heavy (non-hydrogen) atoms. The van der Waals surface area contributed by atoms with E-state index in [1.54, 1.807) is 0 Å². The van der Waals surface area contributed by atoms with E-state index >= 15 is 0 Å². The average Bonchev–Trinajstić information content (AvgIpc) is 2.72. The molecule has 0 spiro atoms. The zero-order chi connectivity index (χ0) is 21.9. The van der Waals surface area contributed by atoms with E-state index in [1.807, 2.05) is 0 Å². The molecule has 2 aliphatic carbocycles. The lowest BCUT2D eigenvalue weighted by Crippen LogP contribution is -2.35. The first-order valence-corrected chi connectivity index (χ1v) is 11.1. The second-order valence-corrected chi connectivity index (χ2v) is 9.05. The van der Waals surface area contributed by atoms with Crippen LogP contribution in [0.3, 0.4) is 0 Å². The van der Waals surface area contributed by atoms with Crippen molar-refractivity contribution in [2.24, 2.45) is 17.3 Å². The van der Waals surface area contributed by atoms with Crippen LogP contribution in [0.1, 0.15) is 82.6 Å². The van der Waals surface area contributed by atoms with E-state index in [1.165, 1.54) is 44.6 Å². The van der Waals surface area contributed by atoms with Gasteiger partial charge in [-0.25, -0.2) is 4.39 Å². The summed E-state index contributed by atoms with van der Waals surface area (Å²) < 4.78 is 69.3. The van der Waals surface area contributed by atoms with Gasteiger partial charge in [0.1, 0.15) is 0 Å². The molecule has 0 aliphatic heterocycles. The van der Waals surface area contributed by atoms with Crippen molar-refractivity contribution in [2.45, 2.75) is 83.4 Å². The first kappa shape index (κ1) is 23.1. The molecule has 0 amide bonds. The highest BCUT2D eigenvalue weighted by Crippen LogP contribution is 2.53. The van der Waals surface area contributed by atoms with E-state index in [2.05, 4.69) is 24.3 Å². The number of alkyl halides is 3. The number of allylic oxidation sites excluding steroid dienone is 1. The number of hydrogen-bond acceptors (Lipinski definition) is 1. The summed E-state index contributed by atoms with van der Waals surface area (Å²) in [5.74, 6) is -2.73. The van der Waals surface area contributed by atoms with Crippen LogP contribution in [0.25, 0.3) is 0 Å². The van der Waals surface area contributed by atoms with Crippen molar-refractivity contribution >= 4 is 0 Å². The molecule has 1 nitrogen and oxygen atoms in total. The van der Waals surface area contributed by atoms with E-state index in [9.17, 15) is 22.0 Å². The van der Waals surface area contributed by atoms with Crippen LogP contribution in [0.2, 0.25) is 0 Å². The maximum Gasteiger partial charge on any atom is 0.573 e. The summed E-state index contributed by atoms with van der Waals surface area (Å²) in [6.45, 7) is 6.33. The van der Waals surface area contributed by atoms with Gasteiger partial charge >= 0.3 is 6.36 Å². The van der Waals surface area contributed by atoms with Gasteiger partial charge in [0.15, 0.2) is 11.6 Å². The van der Waals surface area contributed by atoms with Crippen molar-refractivity contribution in [3.05, 3.63) is 42.0 Å². The summed E-state index contributed by atoms with van der Waals surface area (Å²) in [4.78, 5) is 0. The van der Waals surface area contributed by atoms with Crippen LogP contribution in [0.15, 0.2) is 24.8 Å². The molecular weight excluding hydrogens is 399 g/mol. The van der Waals surface area contributed by atoms with Gasteiger partial charge in [-0.3, -0.25) is 0 Å². The summed E-state index contributed by atoms with van der Waals surface area (Å²) in [6.07, 6.45) is 7.46. The molecule has 3 rings (SSSR count). The van der Waals surface area contributed by atoms with Crippen molar-refractivity contribution in [1.82, 2.24) is 0 Å². The van der Waals surface area contributed by atoms with Gasteiger partial charge in [-0.2, -0.15) is 4.39 Å². The molecule has 168 valence electrons. The Morgan fingerprint density at radius 1 is 1.03 bits per heavy atom. The van der Waals surface area contributed by atoms with Crippen LogP contribution < -0.4 is 4.74 Å². The van der Waals surface area contributed by atoms with Gasteiger partial charge in [0.2, 0.25) is 5.82 Å². The van der Waals surface area contributed by atoms with E-state index in [0.29, 0.717) is 18.8 Å². The maximum absolute atomic E-state index is 14.5. The normalized spacial score (nSPS) is 30.1. The summed E-state index contributed by atoms with van der Waals surface area (Å²) in [5.41, 5.74) is 0.175. The first-order chi connectivity index (χ1) is 14.2. The minimum atomic E-state index is -5.06. The zero-order valence-corrected chi connectivity index (χ0v) is 17.5. The van der Waals surface area contributed by atoms with Crippen molar-refractivity contribution in [2.75, 3.05) is 0 Å². The summed E-state index contributed by atoms with van der Waals surface area (Å²) >= 11 is 0. The van der Waals surface area contributed by atoms with E-state index in [4.69, 9.17) is 0 Å². The third-order valence-corrected chi connectivity index (χ3v) is 7.42. The topological polar surface area (TPSA) is 9.23 Å². The van der Waals surface area contributed by atoms with Crippen molar-refractivity contribution in [1.29, 1.82) is 0 Å². The fourth-order valence-electron chi connectivity index (χ4n) is 5.75. The molecule has 0 saturated heterocycles. The molecule has 0 unspecified atom stereocenters. The SMILES string of the molecule is C=CC1(C2CCC(CCC)CC2)CCC(c2ccc(OC(F)(F)F)c(F)c2F)CC1. The van der Waals surface area contributed by atoms with Crippen molar-refractivity contribution in [3.63, 3.8) is 0 Å². The highest BCUT2D eigenvalue weighted by molar-refractivity contribution is 5.33. The lowest BCUT2D eigenvalue weighted by atomic mass is 9.58. The van der Waals surface area contributed by atoms with Gasteiger partial charge in [0, 0.05) is 0 Å². The van der Waals surface area contributed by atoms with Gasteiger partial charge in [0.05, 0.1) is 0 Å². The molecule has 2 saturated carbocycles. The number of ether oxygens (including phenoxy) is 1. The largest absolute Gasteiger partial charge is 0.573 e. The van der Waals surface area contributed by atoms with Crippen LogP contribution in [-0.4, -0.2) is 6.36 Å². The molecule has 2 aliphatic rings. The minimum absolute atomic E-state index is 0.0298. The Kier molecular flexibility index (Phi) is 7.13. The Morgan fingerprint density at radius 3 is 2.20 bits per heavy atom. The van der Waals surface area contributed by atoms with Crippen LogP contribution >= 0.6 is 0 Å². The number of rotatable bonds is 6. The Bertz CT molecular complexity index is 726. The fraction of sp³-hybridized carbons (Fsp3) is 0.667. The van der Waals surface area contributed by atoms with Gasteiger partial charge in [0.25, 0.3) is 0 Å². The third kappa shape index (κ3) is 5.00. The molecule has 0 N–H and O–H groups in total. The predicted octanol–water partition coefficient (Wildman–Crippen LogP) is 8.30. The van der Waals surface area contributed by atoms with Crippen molar-refractivity contribution in [3.8, 4) is 5.75 Å². The predicted molar refractivity (Wildman–Crippen MR) is 107 cm³/mol.